The van der Waals surface area contributed by atoms with Crippen LogP contribution in [-0.4, -0.2) is 40.1 Å². The van der Waals surface area contributed by atoms with E-state index < -0.39 is 0 Å². The van der Waals surface area contributed by atoms with Crippen LogP contribution in [0, 0.1) is 0 Å². The maximum absolute atomic E-state index is 12.2. The van der Waals surface area contributed by atoms with E-state index >= 15 is 0 Å². The van der Waals surface area contributed by atoms with Crippen LogP contribution in [0.15, 0.2) is 12.1 Å². The van der Waals surface area contributed by atoms with Gasteiger partial charge < -0.3 is 15.7 Å². The van der Waals surface area contributed by atoms with E-state index in [0.717, 1.165) is 0 Å². The number of carbonyl (C=O) groups excluding carboxylic acids is 1. The standard InChI is InChI=1S/C11H16ClN3O2/c1-7(2)15(3-4-16)11(17)8-5-9(12)14-10(13)6-8/h5-7,16H,3-4H2,1-2H3,(H2,13,14). The van der Waals surface area contributed by atoms with Gasteiger partial charge in [-0.3, -0.25) is 4.79 Å². The molecule has 1 aromatic heterocycles. The summed E-state index contributed by atoms with van der Waals surface area (Å²) in [5, 5.41) is 9.12. The minimum Gasteiger partial charge on any atom is -0.395 e. The Morgan fingerprint density at radius 2 is 2.24 bits per heavy atom. The van der Waals surface area contributed by atoms with Crippen molar-refractivity contribution in [3.63, 3.8) is 0 Å². The van der Waals surface area contributed by atoms with Crippen LogP contribution in [0.2, 0.25) is 5.15 Å². The van der Waals surface area contributed by atoms with Gasteiger partial charge in [-0.15, -0.1) is 0 Å². The summed E-state index contributed by atoms with van der Waals surface area (Å²) in [6, 6.07) is 2.93. The van der Waals surface area contributed by atoms with Gasteiger partial charge >= 0.3 is 0 Å². The van der Waals surface area contributed by atoms with E-state index in [4.69, 9.17) is 22.4 Å². The van der Waals surface area contributed by atoms with E-state index in [1.165, 1.54) is 12.1 Å². The fraction of sp³-hybridized carbons (Fsp3) is 0.455. The first-order valence-electron chi connectivity index (χ1n) is 5.30. The molecular formula is C11H16ClN3O2. The van der Waals surface area contributed by atoms with Crippen LogP contribution in [0.4, 0.5) is 5.82 Å². The molecule has 17 heavy (non-hydrogen) atoms. The number of hydrogen-bond acceptors (Lipinski definition) is 4. The molecule has 3 N–H and O–H groups in total. The Labute approximate surface area is 105 Å². The maximum atomic E-state index is 12.2. The van der Waals surface area contributed by atoms with Gasteiger partial charge in [0.05, 0.1) is 6.61 Å². The molecule has 0 bridgehead atoms. The minimum atomic E-state index is -0.218. The van der Waals surface area contributed by atoms with Gasteiger partial charge in [0.25, 0.3) is 5.91 Å². The summed E-state index contributed by atoms with van der Waals surface area (Å²) in [4.78, 5) is 17.5. The molecule has 0 aliphatic carbocycles. The number of hydrogen-bond donors (Lipinski definition) is 2. The van der Waals surface area contributed by atoms with Crippen molar-refractivity contribution in [2.45, 2.75) is 19.9 Å². The van der Waals surface area contributed by atoms with Crippen molar-refractivity contribution in [1.82, 2.24) is 9.88 Å². The van der Waals surface area contributed by atoms with E-state index in [1.807, 2.05) is 13.8 Å². The van der Waals surface area contributed by atoms with Gasteiger partial charge in [0.1, 0.15) is 11.0 Å². The molecule has 0 saturated carbocycles. The summed E-state index contributed by atoms with van der Waals surface area (Å²) in [5.41, 5.74) is 5.91. The summed E-state index contributed by atoms with van der Waals surface area (Å²) in [6.45, 7) is 3.94. The van der Waals surface area contributed by atoms with E-state index in [0.29, 0.717) is 5.56 Å². The molecule has 0 spiro atoms. The van der Waals surface area contributed by atoms with Crippen LogP contribution < -0.4 is 5.73 Å². The highest BCUT2D eigenvalue weighted by molar-refractivity contribution is 6.29. The van der Waals surface area contributed by atoms with Gasteiger partial charge in [-0.2, -0.15) is 0 Å². The van der Waals surface area contributed by atoms with Gasteiger partial charge in [-0.1, -0.05) is 11.6 Å². The molecule has 0 saturated heterocycles. The number of nitrogens with two attached hydrogens (primary N) is 1. The Morgan fingerprint density at radius 3 is 2.71 bits per heavy atom. The summed E-state index contributed by atoms with van der Waals surface area (Å²) < 4.78 is 0. The van der Waals surface area contributed by atoms with E-state index in [2.05, 4.69) is 4.98 Å². The smallest absolute Gasteiger partial charge is 0.254 e. The van der Waals surface area contributed by atoms with Gasteiger partial charge in [-0.25, -0.2) is 4.98 Å². The normalized spacial score (nSPS) is 10.6. The van der Waals surface area contributed by atoms with Crippen LogP contribution in [0.25, 0.3) is 0 Å². The minimum absolute atomic E-state index is 0.0113. The highest BCUT2D eigenvalue weighted by Crippen LogP contribution is 2.15. The van der Waals surface area contributed by atoms with Crippen molar-refractivity contribution in [2.24, 2.45) is 0 Å². The van der Waals surface area contributed by atoms with Gasteiger partial charge in [0.2, 0.25) is 0 Å². The molecule has 1 heterocycles. The average Bonchev–Trinajstić information content (AvgIpc) is 2.23. The Morgan fingerprint density at radius 1 is 1.59 bits per heavy atom. The zero-order valence-corrected chi connectivity index (χ0v) is 10.6. The largest absolute Gasteiger partial charge is 0.395 e. The predicted octanol–water partition coefficient (Wildman–Crippen LogP) is 1.16. The second kappa shape index (κ2) is 5.84. The SMILES string of the molecule is CC(C)N(CCO)C(=O)c1cc(N)nc(Cl)c1. The number of anilines is 1. The highest BCUT2D eigenvalue weighted by atomic mass is 35.5. The average molecular weight is 258 g/mol. The Balaban J connectivity index is 3.00. The number of halogens is 1. The number of aliphatic hydroxyl groups is 1. The number of rotatable bonds is 4. The Hall–Kier alpha value is -1.33. The molecular weight excluding hydrogens is 242 g/mol. The lowest BCUT2D eigenvalue weighted by atomic mass is 10.2. The number of nitrogens with zero attached hydrogens (tertiary/aromatic N) is 2. The molecule has 0 radical (unpaired) electrons. The fourth-order valence-corrected chi connectivity index (χ4v) is 1.72. The summed E-state index contributed by atoms with van der Waals surface area (Å²) in [5.74, 6) is -0.0152. The third-order valence-electron chi connectivity index (χ3n) is 2.29. The monoisotopic (exact) mass is 257 g/mol. The lowest BCUT2D eigenvalue weighted by Gasteiger charge is -2.26. The molecule has 94 valence electrons. The highest BCUT2D eigenvalue weighted by Gasteiger charge is 2.19. The van der Waals surface area contributed by atoms with Crippen LogP contribution in [0.1, 0.15) is 24.2 Å². The first-order chi connectivity index (χ1) is 7.95. The predicted molar refractivity (Wildman–Crippen MR) is 66.9 cm³/mol. The first kappa shape index (κ1) is 13.7. The molecule has 0 aliphatic rings. The Kier molecular flexibility index (Phi) is 4.72. The number of nitrogen functional groups attached to an aromatic ring is 1. The third-order valence-corrected chi connectivity index (χ3v) is 2.48. The molecule has 1 amide bonds. The third kappa shape index (κ3) is 3.57. The van der Waals surface area contributed by atoms with Crippen LogP contribution in [0.5, 0.6) is 0 Å². The molecule has 1 rings (SSSR count). The first-order valence-corrected chi connectivity index (χ1v) is 5.68. The molecule has 0 aromatic carbocycles. The summed E-state index contributed by atoms with van der Waals surface area (Å²) in [7, 11) is 0. The van der Waals surface area contributed by atoms with Crippen LogP contribution in [-0.2, 0) is 0 Å². The summed E-state index contributed by atoms with van der Waals surface area (Å²) in [6.07, 6.45) is 0. The maximum Gasteiger partial charge on any atom is 0.254 e. The summed E-state index contributed by atoms with van der Waals surface area (Å²) >= 11 is 5.74. The van der Waals surface area contributed by atoms with Gasteiger partial charge in [-0.05, 0) is 26.0 Å². The number of pyridine rings is 1. The molecule has 5 nitrogen and oxygen atoms in total. The second-order valence-corrected chi connectivity index (χ2v) is 4.31. The lowest BCUT2D eigenvalue weighted by molar-refractivity contribution is 0.0665. The van der Waals surface area contributed by atoms with E-state index in [1.54, 1.807) is 4.90 Å². The lowest BCUT2D eigenvalue weighted by Crippen LogP contribution is -2.39. The molecule has 6 heteroatoms. The van der Waals surface area contributed by atoms with Crippen molar-refractivity contribution in [3.05, 3.63) is 22.8 Å². The number of carbonyl (C=O) groups is 1. The molecule has 0 unspecified atom stereocenters. The van der Waals surface area contributed by atoms with Crippen molar-refractivity contribution in [2.75, 3.05) is 18.9 Å². The molecule has 0 atom stereocenters. The number of aliphatic hydroxyl groups excluding tert-OH is 1. The Bertz CT molecular complexity index is 389. The van der Waals surface area contributed by atoms with Crippen molar-refractivity contribution < 1.29 is 9.90 Å². The van der Waals surface area contributed by atoms with Crippen molar-refractivity contribution >= 4 is 23.3 Å². The molecule has 1 aromatic rings. The quantitative estimate of drug-likeness (QED) is 0.794. The van der Waals surface area contributed by atoms with Crippen LogP contribution in [0.3, 0.4) is 0 Å². The van der Waals surface area contributed by atoms with Crippen molar-refractivity contribution in [1.29, 1.82) is 0 Å². The topological polar surface area (TPSA) is 79.5 Å². The fourth-order valence-electron chi connectivity index (χ4n) is 1.51. The van der Waals surface area contributed by atoms with Crippen molar-refractivity contribution in [3.8, 4) is 0 Å². The molecule has 0 aliphatic heterocycles. The van der Waals surface area contributed by atoms with Gasteiger partial charge in [0.15, 0.2) is 0 Å². The molecule has 0 fully saturated rings. The number of amides is 1. The van der Waals surface area contributed by atoms with Gasteiger partial charge in [0, 0.05) is 18.2 Å². The van der Waals surface area contributed by atoms with E-state index in [9.17, 15) is 4.79 Å². The number of aromatic nitrogens is 1. The zero-order chi connectivity index (χ0) is 13.0. The van der Waals surface area contributed by atoms with Crippen LogP contribution >= 0.6 is 11.6 Å². The zero-order valence-electron chi connectivity index (χ0n) is 9.85. The van der Waals surface area contributed by atoms with E-state index in [-0.39, 0.29) is 36.1 Å². The second-order valence-electron chi connectivity index (χ2n) is 3.92.